The van der Waals surface area contributed by atoms with Crippen LogP contribution in [0.2, 0.25) is 0 Å². The van der Waals surface area contributed by atoms with Crippen LogP contribution in [-0.2, 0) is 0 Å². The summed E-state index contributed by atoms with van der Waals surface area (Å²) in [4.78, 5) is 0. The van der Waals surface area contributed by atoms with Crippen molar-refractivity contribution in [1.29, 1.82) is 0 Å². The molecule has 170 valence electrons. The van der Waals surface area contributed by atoms with E-state index >= 15 is 0 Å². The first-order valence-corrected chi connectivity index (χ1v) is 12.4. The van der Waals surface area contributed by atoms with E-state index in [0.717, 1.165) is 0 Å². The Morgan fingerprint density at radius 3 is 1.28 bits per heavy atom. The minimum atomic E-state index is 0. The Kier molecular flexibility index (Phi) is 8.35. The van der Waals surface area contributed by atoms with Crippen molar-refractivity contribution in [2.45, 2.75) is 38.5 Å². The van der Waals surface area contributed by atoms with E-state index in [1.807, 2.05) is 0 Å². The molecule has 0 aliphatic heterocycles. The predicted octanol–water partition coefficient (Wildman–Crippen LogP) is 3.74. The third-order valence-electron chi connectivity index (χ3n) is 7.79. The fourth-order valence-electron chi connectivity index (χ4n) is 6.08. The van der Waals surface area contributed by atoms with Gasteiger partial charge in [-0.3, -0.25) is 0 Å². The molecule has 4 aromatic rings. The molecule has 2 unspecified atom stereocenters. The van der Waals surface area contributed by atoms with Gasteiger partial charge in [-0.1, -0.05) is 120 Å². The van der Waals surface area contributed by atoms with Crippen molar-refractivity contribution in [2.24, 2.45) is 0 Å². The summed E-state index contributed by atoms with van der Waals surface area (Å²) in [5.41, 5.74) is 14.1. The van der Waals surface area contributed by atoms with Crippen LogP contribution in [0.3, 0.4) is 0 Å². The molecule has 2 atom stereocenters. The molecule has 2 aliphatic carbocycles. The topological polar surface area (TPSA) is 0 Å². The zero-order chi connectivity index (χ0) is 23.1. The molecule has 0 fully saturated rings. The molecular weight excluding hydrogens is 422 g/mol. The molecular formula is C34H32Li2. The number of fused-ring (bicyclic) bond motifs is 2. The molecule has 0 saturated carbocycles. The van der Waals surface area contributed by atoms with Gasteiger partial charge in [-0.15, -0.1) is 0 Å². The first-order valence-electron chi connectivity index (χ1n) is 12.4. The molecule has 4 aromatic carbocycles. The van der Waals surface area contributed by atoms with Gasteiger partial charge < -0.3 is 2.85 Å². The van der Waals surface area contributed by atoms with Gasteiger partial charge in [0.05, 0.1) is 0 Å². The van der Waals surface area contributed by atoms with E-state index < -0.39 is 0 Å². The standard InChI is InChI=1S/C34H30.2Li.2H/c1-23-21-33-29(25-11-5-3-6-12-25)15-9-17-31(33)27(23)19-20-28-24(2)22-34-30(16-10-18-32(28)34)26-13-7-4-8-14-26;;;;/h3-18,21-22,27-28H,19-20H2,1-2H3;;;;/q;2*+1;2*-1. The van der Waals surface area contributed by atoms with Crippen molar-refractivity contribution in [3.05, 3.63) is 130 Å². The van der Waals surface area contributed by atoms with Crippen LogP contribution in [0.5, 0.6) is 0 Å². The second-order valence-corrected chi connectivity index (χ2v) is 9.81. The Morgan fingerprint density at radius 2 is 0.889 bits per heavy atom. The Hall–Kier alpha value is -2.45. The van der Waals surface area contributed by atoms with Crippen molar-refractivity contribution in [1.82, 2.24) is 0 Å². The largest absolute Gasteiger partial charge is 1.00 e. The van der Waals surface area contributed by atoms with Crippen molar-refractivity contribution in [3.63, 3.8) is 0 Å². The SMILES string of the molecule is CC1=Cc2c(-c3ccccc3)cccc2C1CCC1C(C)=Cc2c(-c3ccccc3)cccc21.[H-].[H-].[Li+].[Li+]. The van der Waals surface area contributed by atoms with E-state index in [9.17, 15) is 0 Å². The van der Waals surface area contributed by atoms with E-state index in [2.05, 4.69) is 123 Å². The summed E-state index contributed by atoms with van der Waals surface area (Å²) in [6, 6.07) is 35.3. The number of benzene rings is 4. The maximum atomic E-state index is 2.43. The Bertz CT molecular complexity index is 1310. The summed E-state index contributed by atoms with van der Waals surface area (Å²) in [6.45, 7) is 4.64. The first kappa shape index (κ1) is 26.6. The Labute approximate surface area is 242 Å². The minimum absolute atomic E-state index is 0. The van der Waals surface area contributed by atoms with Crippen LogP contribution in [-0.4, -0.2) is 0 Å². The van der Waals surface area contributed by atoms with Crippen molar-refractivity contribution in [2.75, 3.05) is 0 Å². The molecule has 0 heterocycles. The number of hydrogen-bond acceptors (Lipinski definition) is 0. The van der Waals surface area contributed by atoms with Gasteiger partial charge in [0.15, 0.2) is 0 Å². The fourth-order valence-corrected chi connectivity index (χ4v) is 6.08. The van der Waals surface area contributed by atoms with Crippen LogP contribution in [0.4, 0.5) is 0 Å². The van der Waals surface area contributed by atoms with Gasteiger partial charge in [0.2, 0.25) is 0 Å². The summed E-state index contributed by atoms with van der Waals surface area (Å²) >= 11 is 0. The van der Waals surface area contributed by atoms with E-state index in [4.69, 9.17) is 0 Å². The number of rotatable bonds is 5. The van der Waals surface area contributed by atoms with Crippen molar-refractivity contribution >= 4 is 12.2 Å². The van der Waals surface area contributed by atoms with Gasteiger partial charge in [0, 0.05) is 11.8 Å². The molecule has 36 heavy (non-hydrogen) atoms. The first-order chi connectivity index (χ1) is 16.7. The molecule has 0 aromatic heterocycles. The molecule has 0 spiro atoms. The molecule has 0 saturated heterocycles. The molecule has 6 rings (SSSR count). The van der Waals surface area contributed by atoms with E-state index in [-0.39, 0.29) is 40.6 Å². The average molecular weight is 455 g/mol. The number of allylic oxidation sites excluding steroid dienone is 2. The van der Waals surface area contributed by atoms with Gasteiger partial charge in [-0.25, -0.2) is 0 Å². The maximum absolute atomic E-state index is 2.43. The zero-order valence-corrected chi connectivity index (χ0v) is 22.0. The number of hydrogen-bond donors (Lipinski definition) is 0. The average Bonchev–Trinajstić information content (AvgIpc) is 3.38. The summed E-state index contributed by atoms with van der Waals surface area (Å²) in [7, 11) is 0. The summed E-state index contributed by atoms with van der Waals surface area (Å²) in [5, 5.41) is 0. The van der Waals surface area contributed by atoms with Crippen LogP contribution >= 0.6 is 0 Å². The Balaban J connectivity index is 0.00000127. The molecule has 0 bridgehead atoms. The smallest absolute Gasteiger partial charge is 1.00 e. The second kappa shape index (κ2) is 11.3. The van der Waals surface area contributed by atoms with Crippen molar-refractivity contribution < 1.29 is 40.6 Å². The quantitative estimate of drug-likeness (QED) is 0.403. The fraction of sp³-hybridized carbons (Fsp3) is 0.176. The van der Waals surface area contributed by atoms with Crippen LogP contribution in [0, 0.1) is 0 Å². The molecule has 0 nitrogen and oxygen atoms in total. The summed E-state index contributed by atoms with van der Waals surface area (Å²) in [5.74, 6) is 1.01. The maximum Gasteiger partial charge on any atom is 1.00 e. The van der Waals surface area contributed by atoms with Gasteiger partial charge in [-0.05, 0) is 71.2 Å². The van der Waals surface area contributed by atoms with E-state index in [0.29, 0.717) is 11.8 Å². The summed E-state index contributed by atoms with van der Waals surface area (Å²) < 4.78 is 0. The van der Waals surface area contributed by atoms with Gasteiger partial charge in [0.1, 0.15) is 0 Å². The zero-order valence-electron chi connectivity index (χ0n) is 24.0. The predicted molar refractivity (Wildman–Crippen MR) is 148 cm³/mol. The molecule has 2 aliphatic rings. The van der Waals surface area contributed by atoms with Gasteiger partial charge >= 0.3 is 37.7 Å². The molecule has 0 amide bonds. The normalized spacial score (nSPS) is 17.3. The van der Waals surface area contributed by atoms with E-state index in [1.54, 1.807) is 0 Å². The van der Waals surface area contributed by atoms with Crippen molar-refractivity contribution in [3.8, 4) is 22.3 Å². The second-order valence-electron chi connectivity index (χ2n) is 9.81. The minimum Gasteiger partial charge on any atom is -1.00 e. The molecule has 2 heteroatoms. The van der Waals surface area contributed by atoms with Crippen LogP contribution in [0.25, 0.3) is 34.4 Å². The van der Waals surface area contributed by atoms with Gasteiger partial charge in [-0.2, -0.15) is 0 Å². The van der Waals surface area contributed by atoms with Gasteiger partial charge in [0.25, 0.3) is 0 Å². The van der Waals surface area contributed by atoms with Crippen LogP contribution < -0.4 is 37.7 Å². The third-order valence-corrected chi connectivity index (χ3v) is 7.79. The Morgan fingerprint density at radius 1 is 0.500 bits per heavy atom. The van der Waals surface area contributed by atoms with Crippen LogP contribution in [0.1, 0.15) is 63.6 Å². The summed E-state index contributed by atoms with van der Waals surface area (Å²) in [6.07, 6.45) is 7.22. The molecule has 0 radical (unpaired) electrons. The monoisotopic (exact) mass is 454 g/mol. The molecule has 0 N–H and O–H groups in total. The van der Waals surface area contributed by atoms with Crippen LogP contribution in [0.15, 0.2) is 108 Å². The third kappa shape index (κ3) is 4.77. The van der Waals surface area contributed by atoms with E-state index in [1.165, 1.54) is 68.5 Å².